The average Bonchev–Trinajstić information content (AvgIpc) is 2.29. The summed E-state index contributed by atoms with van der Waals surface area (Å²) in [4.78, 5) is 22.9. The summed E-state index contributed by atoms with van der Waals surface area (Å²) in [6, 6.07) is 3.38. The van der Waals surface area contributed by atoms with Crippen molar-refractivity contribution >= 4 is 11.6 Å². The molecule has 0 aromatic heterocycles. The molecule has 0 spiro atoms. The normalized spacial score (nSPS) is 10.3. The van der Waals surface area contributed by atoms with Gasteiger partial charge in [-0.25, -0.2) is 8.78 Å². The largest absolute Gasteiger partial charge is 0.299 e. The molecule has 4 heteroatoms. The Labute approximate surface area is 98.6 Å². The van der Waals surface area contributed by atoms with Crippen LogP contribution < -0.4 is 0 Å². The Hall–Kier alpha value is -1.58. The topological polar surface area (TPSA) is 34.1 Å². The fourth-order valence-corrected chi connectivity index (χ4v) is 1.46. The van der Waals surface area contributed by atoms with Gasteiger partial charge in [0.05, 0.1) is 12.0 Å². The monoisotopic (exact) mass is 240 g/mol. The zero-order chi connectivity index (χ0) is 12.8. The fraction of sp³-hybridized carbons (Fsp3) is 0.385. The van der Waals surface area contributed by atoms with Gasteiger partial charge in [0.1, 0.15) is 5.78 Å². The summed E-state index contributed by atoms with van der Waals surface area (Å²) in [7, 11) is 0. The Morgan fingerprint density at radius 2 is 1.94 bits per heavy atom. The van der Waals surface area contributed by atoms with Crippen LogP contribution in [0.25, 0.3) is 0 Å². The minimum absolute atomic E-state index is 0.236. The highest BCUT2D eigenvalue weighted by molar-refractivity contribution is 6.08. The van der Waals surface area contributed by atoms with Crippen molar-refractivity contribution in [1.29, 1.82) is 0 Å². The zero-order valence-corrected chi connectivity index (χ0v) is 9.63. The number of unbranched alkanes of at least 4 members (excludes halogenated alkanes) is 1. The van der Waals surface area contributed by atoms with Gasteiger partial charge in [-0.2, -0.15) is 0 Å². The first-order valence-electron chi connectivity index (χ1n) is 5.55. The summed E-state index contributed by atoms with van der Waals surface area (Å²) in [6.45, 7) is 1.93. The van der Waals surface area contributed by atoms with Crippen LogP contribution >= 0.6 is 0 Å². The number of carbonyl (C=O) groups is 2. The first kappa shape index (κ1) is 13.5. The van der Waals surface area contributed by atoms with E-state index in [1.54, 1.807) is 0 Å². The zero-order valence-electron chi connectivity index (χ0n) is 9.63. The van der Waals surface area contributed by atoms with E-state index < -0.39 is 17.4 Å². The summed E-state index contributed by atoms with van der Waals surface area (Å²) in [5.41, 5.74) is -0.352. The van der Waals surface area contributed by atoms with E-state index >= 15 is 0 Å². The lowest BCUT2D eigenvalue weighted by molar-refractivity contribution is -0.118. The van der Waals surface area contributed by atoms with E-state index in [9.17, 15) is 18.4 Å². The maximum atomic E-state index is 13.2. The lowest BCUT2D eigenvalue weighted by Crippen LogP contribution is -2.10. The van der Waals surface area contributed by atoms with Gasteiger partial charge in [-0.05, 0) is 18.6 Å². The van der Waals surface area contributed by atoms with Crippen molar-refractivity contribution in [1.82, 2.24) is 0 Å². The molecule has 0 bridgehead atoms. The van der Waals surface area contributed by atoms with Crippen molar-refractivity contribution in [2.24, 2.45) is 0 Å². The quantitative estimate of drug-likeness (QED) is 0.564. The van der Waals surface area contributed by atoms with Gasteiger partial charge >= 0.3 is 0 Å². The van der Waals surface area contributed by atoms with E-state index in [1.807, 2.05) is 6.92 Å². The van der Waals surface area contributed by atoms with Crippen molar-refractivity contribution in [3.8, 4) is 0 Å². The molecule has 1 aromatic rings. The van der Waals surface area contributed by atoms with Gasteiger partial charge < -0.3 is 0 Å². The van der Waals surface area contributed by atoms with Crippen molar-refractivity contribution in [2.45, 2.75) is 32.6 Å². The molecule has 0 N–H and O–H groups in total. The van der Waals surface area contributed by atoms with Crippen LogP contribution in [0, 0.1) is 11.6 Å². The third-order valence-electron chi connectivity index (χ3n) is 2.42. The molecular weight excluding hydrogens is 226 g/mol. The minimum Gasteiger partial charge on any atom is -0.299 e. The fourth-order valence-electron chi connectivity index (χ4n) is 1.46. The number of carbonyl (C=O) groups excluding carboxylic acids is 2. The summed E-state index contributed by atoms with van der Waals surface area (Å²) < 4.78 is 26.1. The van der Waals surface area contributed by atoms with E-state index in [2.05, 4.69) is 0 Å². The third kappa shape index (κ3) is 3.73. The Balaban J connectivity index is 2.70. The number of rotatable bonds is 6. The Kier molecular flexibility index (Phi) is 4.94. The van der Waals surface area contributed by atoms with Crippen LogP contribution in [-0.2, 0) is 4.79 Å². The van der Waals surface area contributed by atoms with Gasteiger partial charge in [0.25, 0.3) is 0 Å². The molecule has 0 heterocycles. The maximum absolute atomic E-state index is 13.2. The molecule has 1 rings (SSSR count). The van der Waals surface area contributed by atoms with Gasteiger partial charge in [0, 0.05) is 6.42 Å². The first-order valence-corrected chi connectivity index (χ1v) is 5.55. The highest BCUT2D eigenvalue weighted by Crippen LogP contribution is 2.14. The van der Waals surface area contributed by atoms with Crippen molar-refractivity contribution < 1.29 is 18.4 Å². The van der Waals surface area contributed by atoms with E-state index in [0.717, 1.165) is 12.5 Å². The molecular formula is C13H14F2O2. The Morgan fingerprint density at radius 3 is 2.59 bits per heavy atom. The molecule has 1 aromatic carbocycles. The summed E-state index contributed by atoms with van der Waals surface area (Å²) in [5.74, 6) is -3.15. The van der Waals surface area contributed by atoms with Crippen LogP contribution in [0.5, 0.6) is 0 Å². The molecule has 0 saturated heterocycles. The standard InChI is InChI=1S/C13H14F2O2/c1-2-3-5-9(16)8-12(17)10-6-4-7-11(14)13(10)15/h4,6-7H,2-3,5,8H2,1H3. The van der Waals surface area contributed by atoms with Crippen molar-refractivity contribution in [2.75, 3.05) is 0 Å². The summed E-state index contributed by atoms with van der Waals surface area (Å²) >= 11 is 0. The third-order valence-corrected chi connectivity index (χ3v) is 2.42. The number of Topliss-reactive ketones (excluding diaryl/α,β-unsaturated/α-hetero) is 2. The second-order valence-electron chi connectivity index (χ2n) is 3.84. The van der Waals surface area contributed by atoms with Gasteiger partial charge in [-0.1, -0.05) is 19.4 Å². The predicted octanol–water partition coefficient (Wildman–Crippen LogP) is 3.30. The predicted molar refractivity (Wildman–Crippen MR) is 59.8 cm³/mol. The summed E-state index contributed by atoms with van der Waals surface area (Å²) in [6.07, 6.45) is 1.51. The van der Waals surface area contributed by atoms with Crippen LogP contribution in [0.1, 0.15) is 43.0 Å². The highest BCUT2D eigenvalue weighted by atomic mass is 19.2. The average molecular weight is 240 g/mol. The molecule has 0 aliphatic heterocycles. The van der Waals surface area contributed by atoms with Gasteiger partial charge in [0.15, 0.2) is 17.4 Å². The van der Waals surface area contributed by atoms with Crippen molar-refractivity contribution in [3.63, 3.8) is 0 Å². The van der Waals surface area contributed by atoms with Crippen LogP contribution in [0.4, 0.5) is 8.78 Å². The maximum Gasteiger partial charge on any atom is 0.173 e. The lowest BCUT2D eigenvalue weighted by atomic mass is 10.0. The molecule has 0 amide bonds. The number of ketones is 2. The number of halogens is 2. The van der Waals surface area contributed by atoms with Gasteiger partial charge in [0.2, 0.25) is 0 Å². The van der Waals surface area contributed by atoms with Crippen molar-refractivity contribution in [3.05, 3.63) is 35.4 Å². The molecule has 0 aliphatic carbocycles. The lowest BCUT2D eigenvalue weighted by Gasteiger charge is -2.02. The molecule has 0 saturated carbocycles. The van der Waals surface area contributed by atoms with Gasteiger partial charge in [-0.3, -0.25) is 9.59 Å². The summed E-state index contributed by atoms with van der Waals surface area (Å²) in [5, 5.41) is 0. The number of benzene rings is 1. The van der Waals surface area contributed by atoms with E-state index in [-0.39, 0.29) is 17.8 Å². The molecule has 2 nitrogen and oxygen atoms in total. The molecule has 0 atom stereocenters. The second-order valence-corrected chi connectivity index (χ2v) is 3.84. The van der Waals surface area contributed by atoms with Crippen LogP contribution in [-0.4, -0.2) is 11.6 Å². The van der Waals surface area contributed by atoms with E-state index in [4.69, 9.17) is 0 Å². The molecule has 0 unspecified atom stereocenters. The molecule has 17 heavy (non-hydrogen) atoms. The number of hydrogen-bond acceptors (Lipinski definition) is 2. The smallest absolute Gasteiger partial charge is 0.173 e. The highest BCUT2D eigenvalue weighted by Gasteiger charge is 2.17. The Bertz CT molecular complexity index is 427. The van der Waals surface area contributed by atoms with E-state index in [0.29, 0.717) is 12.8 Å². The Morgan fingerprint density at radius 1 is 1.24 bits per heavy atom. The van der Waals surface area contributed by atoms with E-state index in [1.165, 1.54) is 12.1 Å². The van der Waals surface area contributed by atoms with Crippen LogP contribution in [0.3, 0.4) is 0 Å². The van der Waals surface area contributed by atoms with Gasteiger partial charge in [-0.15, -0.1) is 0 Å². The molecule has 92 valence electrons. The SMILES string of the molecule is CCCCC(=O)CC(=O)c1cccc(F)c1F. The minimum atomic E-state index is -1.18. The molecule has 0 radical (unpaired) electrons. The van der Waals surface area contributed by atoms with Crippen LogP contribution in [0.2, 0.25) is 0 Å². The molecule has 0 aliphatic rings. The second kappa shape index (κ2) is 6.23. The first-order chi connectivity index (χ1) is 8.06. The molecule has 0 fully saturated rings. The number of hydrogen-bond donors (Lipinski definition) is 0. The van der Waals surface area contributed by atoms with Crippen LogP contribution in [0.15, 0.2) is 18.2 Å².